The highest BCUT2D eigenvalue weighted by atomic mass is 19.3. The molecule has 0 radical (unpaired) electrons. The van der Waals surface area contributed by atoms with E-state index in [4.69, 9.17) is 5.73 Å². The van der Waals surface area contributed by atoms with E-state index in [2.05, 4.69) is 22.3 Å². The highest BCUT2D eigenvalue weighted by molar-refractivity contribution is 6.03. The Morgan fingerprint density at radius 2 is 1.90 bits per heavy atom. The van der Waals surface area contributed by atoms with E-state index in [9.17, 15) is 18.4 Å². The second-order valence-corrected chi connectivity index (χ2v) is 8.33. The summed E-state index contributed by atoms with van der Waals surface area (Å²) in [6.07, 6.45) is 3.20. The number of carbonyl (C=O) groups is 2. The Balaban J connectivity index is 1.52. The van der Waals surface area contributed by atoms with Gasteiger partial charge in [-0.05, 0) is 68.4 Å². The summed E-state index contributed by atoms with van der Waals surface area (Å²) in [5.74, 6) is 0.454. The summed E-state index contributed by atoms with van der Waals surface area (Å²) < 4.78 is 29.2. The van der Waals surface area contributed by atoms with Crippen molar-refractivity contribution in [1.82, 2.24) is 5.32 Å². The van der Waals surface area contributed by atoms with Crippen LogP contribution in [0.3, 0.4) is 0 Å². The number of benzene rings is 2. The number of nitrogens with two attached hydrogens (primary N) is 1. The van der Waals surface area contributed by atoms with Crippen molar-refractivity contribution >= 4 is 23.2 Å². The molecule has 2 aromatic rings. The number of nitrogens with one attached hydrogen (secondary N) is 2. The maximum atomic E-state index is 12.7. The maximum Gasteiger partial charge on any atom is 0.387 e. The first-order valence-electron chi connectivity index (χ1n) is 9.81. The molecule has 158 valence electrons. The molecule has 6 nitrogen and oxygen atoms in total. The predicted octanol–water partition coefficient (Wildman–Crippen LogP) is 4.05. The van der Waals surface area contributed by atoms with Gasteiger partial charge >= 0.3 is 6.61 Å². The number of hydrogen-bond acceptors (Lipinski definition) is 4. The number of alkyl halides is 2. The Kier molecular flexibility index (Phi) is 5.09. The number of carbonyl (C=O) groups excluding carboxylic acids is 2. The summed E-state index contributed by atoms with van der Waals surface area (Å²) in [4.78, 5) is 24.7. The topological polar surface area (TPSA) is 93.4 Å². The maximum absolute atomic E-state index is 12.7. The summed E-state index contributed by atoms with van der Waals surface area (Å²) in [5.41, 5.74) is 6.55. The molecule has 0 spiro atoms. The van der Waals surface area contributed by atoms with E-state index in [1.165, 1.54) is 24.6 Å². The molecule has 2 atom stereocenters. The lowest BCUT2D eigenvalue weighted by atomic mass is 9.95. The third-order valence-electron chi connectivity index (χ3n) is 5.80. The van der Waals surface area contributed by atoms with E-state index in [1.54, 1.807) is 24.3 Å². The molecule has 4 rings (SSSR count). The molecule has 2 aromatic carbocycles. The third-order valence-corrected chi connectivity index (χ3v) is 5.80. The van der Waals surface area contributed by atoms with Gasteiger partial charge in [-0.25, -0.2) is 0 Å². The molecule has 2 saturated carbocycles. The molecule has 0 aliphatic heterocycles. The first-order chi connectivity index (χ1) is 14.2. The van der Waals surface area contributed by atoms with Gasteiger partial charge in [-0.1, -0.05) is 6.07 Å². The molecule has 0 heterocycles. The van der Waals surface area contributed by atoms with Crippen molar-refractivity contribution in [1.29, 1.82) is 0 Å². The minimum absolute atomic E-state index is 0.0190. The molecular weight excluding hydrogens is 392 g/mol. The lowest BCUT2D eigenvalue weighted by molar-refractivity contribution is -0.0498. The molecule has 2 amide bonds. The molecule has 0 aromatic heterocycles. The van der Waals surface area contributed by atoms with Gasteiger partial charge in [0.1, 0.15) is 5.75 Å². The number of fused-ring (bicyclic) bond motifs is 1. The predicted molar refractivity (Wildman–Crippen MR) is 108 cm³/mol. The normalized spacial score (nSPS) is 24.3. The number of ether oxygens (including phenoxy) is 1. The fourth-order valence-corrected chi connectivity index (χ4v) is 4.40. The third kappa shape index (κ3) is 4.37. The lowest BCUT2D eigenvalue weighted by Gasteiger charge is -2.27. The molecule has 2 unspecified atom stereocenters. The molecule has 2 aliphatic rings. The number of hydrogen-bond donors (Lipinski definition) is 3. The number of amides is 2. The highest BCUT2D eigenvalue weighted by Crippen LogP contribution is 2.55. The fourth-order valence-electron chi connectivity index (χ4n) is 4.40. The smallest absolute Gasteiger partial charge is 0.387 e. The van der Waals surface area contributed by atoms with E-state index in [-0.39, 0.29) is 22.8 Å². The van der Waals surface area contributed by atoms with Gasteiger partial charge in [-0.2, -0.15) is 8.78 Å². The summed E-state index contributed by atoms with van der Waals surface area (Å²) in [7, 11) is 0. The minimum atomic E-state index is -2.94. The Morgan fingerprint density at radius 3 is 2.57 bits per heavy atom. The van der Waals surface area contributed by atoms with Crippen LogP contribution >= 0.6 is 0 Å². The van der Waals surface area contributed by atoms with Crippen LogP contribution in [0.2, 0.25) is 0 Å². The van der Waals surface area contributed by atoms with Crippen LogP contribution in [0.15, 0.2) is 42.5 Å². The molecular formula is C22H23F2N3O3. The quantitative estimate of drug-likeness (QED) is 0.636. The molecule has 8 heteroatoms. The van der Waals surface area contributed by atoms with Gasteiger partial charge < -0.3 is 21.1 Å². The van der Waals surface area contributed by atoms with Crippen molar-refractivity contribution in [3.63, 3.8) is 0 Å². The van der Waals surface area contributed by atoms with Crippen molar-refractivity contribution in [3.8, 4) is 5.75 Å². The van der Waals surface area contributed by atoms with Crippen molar-refractivity contribution in [3.05, 3.63) is 53.6 Å². The van der Waals surface area contributed by atoms with Crippen LogP contribution in [0.5, 0.6) is 5.75 Å². The highest BCUT2D eigenvalue weighted by Gasteiger charge is 2.52. The lowest BCUT2D eigenvalue weighted by Crippen LogP contribution is -2.44. The van der Waals surface area contributed by atoms with Crippen LogP contribution < -0.4 is 21.1 Å². The van der Waals surface area contributed by atoms with Crippen LogP contribution in [0.25, 0.3) is 0 Å². The van der Waals surface area contributed by atoms with Gasteiger partial charge in [-0.15, -0.1) is 0 Å². The van der Waals surface area contributed by atoms with Gasteiger partial charge in [0.05, 0.1) is 11.3 Å². The monoisotopic (exact) mass is 415 g/mol. The summed E-state index contributed by atoms with van der Waals surface area (Å²) in [6, 6.07) is 10.6. The van der Waals surface area contributed by atoms with Gasteiger partial charge in [0.2, 0.25) is 0 Å². The van der Waals surface area contributed by atoms with Gasteiger partial charge in [0.25, 0.3) is 11.8 Å². The average molecular weight is 415 g/mol. The molecule has 30 heavy (non-hydrogen) atoms. The first kappa shape index (κ1) is 20.1. The zero-order chi connectivity index (χ0) is 21.5. The van der Waals surface area contributed by atoms with Crippen molar-refractivity contribution < 1.29 is 23.1 Å². The summed E-state index contributed by atoms with van der Waals surface area (Å²) >= 11 is 0. The van der Waals surface area contributed by atoms with Crippen molar-refractivity contribution in [2.45, 2.75) is 38.3 Å². The van der Waals surface area contributed by atoms with Crippen LogP contribution in [0.1, 0.15) is 46.9 Å². The number of anilines is 2. The molecule has 4 N–H and O–H groups in total. The van der Waals surface area contributed by atoms with E-state index in [0.29, 0.717) is 28.8 Å². The Labute approximate surface area is 172 Å². The summed E-state index contributed by atoms with van der Waals surface area (Å²) in [5, 5.41) is 6.06. The molecule has 2 fully saturated rings. The van der Waals surface area contributed by atoms with E-state index in [1.807, 2.05) is 0 Å². The van der Waals surface area contributed by atoms with E-state index in [0.717, 1.165) is 12.8 Å². The first-order valence-corrected chi connectivity index (χ1v) is 9.81. The zero-order valence-corrected chi connectivity index (χ0v) is 16.5. The number of primary amides is 1. The van der Waals surface area contributed by atoms with Crippen LogP contribution in [-0.4, -0.2) is 24.0 Å². The molecule has 0 bridgehead atoms. The Morgan fingerprint density at radius 1 is 1.17 bits per heavy atom. The van der Waals surface area contributed by atoms with Crippen LogP contribution in [-0.2, 0) is 0 Å². The largest absolute Gasteiger partial charge is 0.435 e. The second-order valence-electron chi connectivity index (χ2n) is 8.33. The molecule has 0 saturated heterocycles. The zero-order valence-electron chi connectivity index (χ0n) is 16.5. The Hall–Kier alpha value is -3.16. The number of halogens is 2. The Bertz CT molecular complexity index is 985. The second kappa shape index (κ2) is 7.59. The van der Waals surface area contributed by atoms with Crippen molar-refractivity contribution in [2.24, 2.45) is 17.6 Å². The summed E-state index contributed by atoms with van der Waals surface area (Å²) in [6.45, 7) is -0.886. The van der Waals surface area contributed by atoms with E-state index < -0.39 is 12.5 Å². The van der Waals surface area contributed by atoms with Crippen molar-refractivity contribution in [2.75, 3.05) is 5.32 Å². The SMILES string of the molecule is CC1(NC(=O)c2ccc(Nc3cccc(OC(F)F)c3)c(C(N)=O)c2)CC2CC2C1. The van der Waals surface area contributed by atoms with Crippen LogP contribution in [0, 0.1) is 11.8 Å². The van der Waals surface area contributed by atoms with Crippen LogP contribution in [0.4, 0.5) is 20.2 Å². The fraction of sp³-hybridized carbons (Fsp3) is 0.364. The average Bonchev–Trinajstić information content (AvgIpc) is 3.28. The minimum Gasteiger partial charge on any atom is -0.435 e. The standard InChI is InChI=1S/C22H23F2N3O3/c1-22(10-13-7-14(13)11-22)27-20(29)12-5-6-18(17(8-12)19(25)28)26-15-3-2-4-16(9-15)30-21(23)24/h2-6,8-9,13-14,21,26H,7,10-11H2,1H3,(H2,25,28)(H,27,29). The van der Waals surface area contributed by atoms with Gasteiger partial charge in [-0.3, -0.25) is 9.59 Å². The van der Waals surface area contributed by atoms with Gasteiger partial charge in [0.15, 0.2) is 0 Å². The molecule has 2 aliphatic carbocycles. The van der Waals surface area contributed by atoms with Gasteiger partial charge in [0, 0.05) is 22.9 Å². The van der Waals surface area contributed by atoms with E-state index >= 15 is 0 Å². The number of rotatable bonds is 7.